The summed E-state index contributed by atoms with van der Waals surface area (Å²) >= 11 is 1.44. The van der Waals surface area contributed by atoms with E-state index in [2.05, 4.69) is 10.2 Å². The number of ether oxygens (including phenoxy) is 1. The topological polar surface area (TPSA) is 58.6 Å². The Morgan fingerprint density at radius 1 is 1.33 bits per heavy atom. The summed E-state index contributed by atoms with van der Waals surface area (Å²) < 4.78 is 4.77. The number of anilines is 1. The fourth-order valence-corrected chi connectivity index (χ4v) is 3.46. The molecule has 21 heavy (non-hydrogen) atoms. The van der Waals surface area contributed by atoms with Gasteiger partial charge in [-0.3, -0.25) is 9.69 Å². The smallest absolute Gasteiger partial charge is 0.340 e. The fraction of sp³-hybridized carbons (Fsp3) is 0.600. The molecule has 1 aliphatic rings. The number of hydrogen-bond acceptors (Lipinski definition) is 5. The average molecular weight is 310 g/mol. The zero-order valence-electron chi connectivity index (χ0n) is 12.6. The third-order valence-electron chi connectivity index (χ3n) is 3.61. The Kier molecular flexibility index (Phi) is 5.76. The highest BCUT2D eigenvalue weighted by Gasteiger charge is 2.19. The van der Waals surface area contributed by atoms with Crippen LogP contribution < -0.4 is 5.32 Å². The second-order valence-corrected chi connectivity index (χ2v) is 6.32. The van der Waals surface area contributed by atoms with Crippen molar-refractivity contribution >= 4 is 28.2 Å². The fourth-order valence-electron chi connectivity index (χ4n) is 2.46. The summed E-state index contributed by atoms with van der Waals surface area (Å²) in [6.07, 6.45) is 4.38. The van der Waals surface area contributed by atoms with Crippen LogP contribution in [0.1, 0.15) is 41.4 Å². The third kappa shape index (κ3) is 4.28. The molecule has 1 saturated heterocycles. The highest BCUT2D eigenvalue weighted by atomic mass is 32.1. The van der Waals surface area contributed by atoms with Crippen molar-refractivity contribution in [2.24, 2.45) is 0 Å². The molecule has 0 atom stereocenters. The van der Waals surface area contributed by atoms with Crippen molar-refractivity contribution in [1.29, 1.82) is 0 Å². The number of thiophene rings is 1. The van der Waals surface area contributed by atoms with Crippen LogP contribution in [0.15, 0.2) is 6.07 Å². The van der Waals surface area contributed by atoms with Crippen molar-refractivity contribution in [1.82, 2.24) is 4.90 Å². The lowest BCUT2D eigenvalue weighted by Gasteiger charge is -2.25. The minimum absolute atomic E-state index is 0.0634. The van der Waals surface area contributed by atoms with Crippen LogP contribution in [-0.2, 0) is 16.0 Å². The van der Waals surface area contributed by atoms with Gasteiger partial charge in [0.25, 0.3) is 0 Å². The normalized spacial score (nSPS) is 15.7. The van der Waals surface area contributed by atoms with E-state index in [9.17, 15) is 9.59 Å². The van der Waals surface area contributed by atoms with Crippen LogP contribution in [-0.4, -0.2) is 43.5 Å². The number of rotatable bonds is 5. The van der Waals surface area contributed by atoms with E-state index in [-0.39, 0.29) is 5.91 Å². The maximum atomic E-state index is 12.1. The second kappa shape index (κ2) is 7.56. The first-order chi connectivity index (χ1) is 10.1. The van der Waals surface area contributed by atoms with Gasteiger partial charge in [-0.2, -0.15) is 0 Å². The van der Waals surface area contributed by atoms with Crippen molar-refractivity contribution in [3.05, 3.63) is 16.5 Å². The van der Waals surface area contributed by atoms with E-state index in [1.165, 1.54) is 24.9 Å². The molecule has 1 aliphatic heterocycles. The Bertz CT molecular complexity index is 507. The van der Waals surface area contributed by atoms with E-state index in [0.717, 1.165) is 37.2 Å². The van der Waals surface area contributed by atoms with Gasteiger partial charge in [0.05, 0.1) is 19.2 Å². The van der Waals surface area contributed by atoms with Crippen LogP contribution in [0.3, 0.4) is 0 Å². The van der Waals surface area contributed by atoms with Crippen molar-refractivity contribution in [2.75, 3.05) is 32.1 Å². The lowest BCUT2D eigenvalue weighted by atomic mass is 10.1. The number of nitrogens with one attached hydrogen (secondary N) is 1. The van der Waals surface area contributed by atoms with Crippen LogP contribution in [0.4, 0.5) is 5.00 Å². The molecule has 0 aliphatic carbocycles. The van der Waals surface area contributed by atoms with Gasteiger partial charge in [0.15, 0.2) is 0 Å². The summed E-state index contributed by atoms with van der Waals surface area (Å²) in [5.41, 5.74) is 0.450. The van der Waals surface area contributed by atoms with E-state index in [4.69, 9.17) is 4.74 Å². The minimum Gasteiger partial charge on any atom is -0.465 e. The molecular weight excluding hydrogens is 288 g/mol. The maximum absolute atomic E-state index is 12.1. The summed E-state index contributed by atoms with van der Waals surface area (Å²) in [6, 6.07) is 1.80. The van der Waals surface area contributed by atoms with Gasteiger partial charge < -0.3 is 10.1 Å². The van der Waals surface area contributed by atoms with Crippen LogP contribution in [0.2, 0.25) is 0 Å². The molecule has 1 amide bonds. The predicted octanol–water partition coefficient (Wildman–Crippen LogP) is 2.52. The first-order valence-electron chi connectivity index (χ1n) is 7.37. The lowest BCUT2D eigenvalue weighted by molar-refractivity contribution is -0.117. The van der Waals surface area contributed by atoms with E-state index >= 15 is 0 Å². The highest BCUT2D eigenvalue weighted by Crippen LogP contribution is 2.29. The van der Waals surface area contributed by atoms with Gasteiger partial charge in [-0.1, -0.05) is 13.3 Å². The van der Waals surface area contributed by atoms with Gasteiger partial charge in [0.1, 0.15) is 5.00 Å². The quantitative estimate of drug-likeness (QED) is 0.849. The number of esters is 1. The molecular formula is C15H22N2O3S. The number of carbonyl (C=O) groups is 2. The molecule has 0 aromatic carbocycles. The first-order valence-corrected chi connectivity index (χ1v) is 8.19. The zero-order chi connectivity index (χ0) is 15.2. The Morgan fingerprint density at radius 2 is 2.05 bits per heavy atom. The van der Waals surface area contributed by atoms with E-state index in [1.54, 1.807) is 6.07 Å². The Hall–Kier alpha value is -1.40. The van der Waals surface area contributed by atoms with Gasteiger partial charge in [0, 0.05) is 4.88 Å². The molecule has 2 heterocycles. The van der Waals surface area contributed by atoms with E-state index < -0.39 is 5.97 Å². The minimum atomic E-state index is -0.403. The third-order valence-corrected chi connectivity index (χ3v) is 4.80. The van der Waals surface area contributed by atoms with Crippen molar-refractivity contribution in [3.8, 4) is 0 Å². The van der Waals surface area contributed by atoms with Gasteiger partial charge in [-0.25, -0.2) is 4.79 Å². The number of aryl methyl sites for hydroxylation is 1. The molecule has 1 aromatic heterocycles. The molecule has 0 spiro atoms. The number of methoxy groups -OCH3 is 1. The van der Waals surface area contributed by atoms with Crippen LogP contribution in [0, 0.1) is 0 Å². The van der Waals surface area contributed by atoms with Crippen molar-refractivity contribution in [3.63, 3.8) is 0 Å². The average Bonchev–Trinajstić information content (AvgIpc) is 2.90. The lowest BCUT2D eigenvalue weighted by Crippen LogP contribution is -2.36. The largest absolute Gasteiger partial charge is 0.465 e. The molecule has 0 bridgehead atoms. The number of likely N-dealkylation sites (tertiary alicyclic amines) is 1. The van der Waals surface area contributed by atoms with Crippen molar-refractivity contribution < 1.29 is 14.3 Å². The van der Waals surface area contributed by atoms with Crippen molar-refractivity contribution in [2.45, 2.75) is 32.6 Å². The van der Waals surface area contributed by atoms with Gasteiger partial charge in [-0.05, 0) is 38.4 Å². The first kappa shape index (κ1) is 16.0. The summed E-state index contributed by atoms with van der Waals surface area (Å²) in [6.45, 7) is 4.36. The van der Waals surface area contributed by atoms with Gasteiger partial charge in [-0.15, -0.1) is 11.3 Å². The molecule has 2 rings (SSSR count). The molecule has 1 fully saturated rings. The molecule has 6 heteroatoms. The van der Waals surface area contributed by atoms with Crippen LogP contribution in [0.25, 0.3) is 0 Å². The number of hydrogen-bond donors (Lipinski definition) is 1. The predicted molar refractivity (Wildman–Crippen MR) is 84.0 cm³/mol. The Morgan fingerprint density at radius 3 is 2.67 bits per heavy atom. The van der Waals surface area contributed by atoms with E-state index in [0.29, 0.717) is 17.1 Å². The Balaban J connectivity index is 2.01. The molecule has 0 saturated carbocycles. The number of nitrogens with zero attached hydrogens (tertiary/aromatic N) is 1. The summed E-state index contributed by atoms with van der Waals surface area (Å²) in [5.74, 6) is -0.467. The number of piperidine rings is 1. The molecule has 5 nitrogen and oxygen atoms in total. The molecule has 116 valence electrons. The standard InChI is InChI=1S/C15H22N2O3S/c1-3-11-9-12(15(19)20-2)14(21-11)16-13(18)10-17-7-5-4-6-8-17/h9H,3-8,10H2,1-2H3,(H,16,18). The maximum Gasteiger partial charge on any atom is 0.340 e. The van der Waals surface area contributed by atoms with Gasteiger partial charge in [0.2, 0.25) is 5.91 Å². The highest BCUT2D eigenvalue weighted by molar-refractivity contribution is 7.16. The van der Waals surface area contributed by atoms with E-state index in [1.807, 2.05) is 6.92 Å². The van der Waals surface area contributed by atoms with Gasteiger partial charge >= 0.3 is 5.97 Å². The number of carbonyl (C=O) groups excluding carboxylic acids is 2. The van der Waals surface area contributed by atoms with Crippen LogP contribution >= 0.6 is 11.3 Å². The number of amides is 1. The zero-order valence-corrected chi connectivity index (χ0v) is 13.4. The summed E-state index contributed by atoms with van der Waals surface area (Å²) in [7, 11) is 1.35. The molecule has 1 N–H and O–H groups in total. The Labute approximate surface area is 129 Å². The monoisotopic (exact) mass is 310 g/mol. The molecule has 0 unspecified atom stereocenters. The summed E-state index contributed by atoms with van der Waals surface area (Å²) in [5, 5.41) is 3.46. The second-order valence-electron chi connectivity index (χ2n) is 5.19. The van der Waals surface area contributed by atoms with Crippen LogP contribution in [0.5, 0.6) is 0 Å². The summed E-state index contributed by atoms with van der Waals surface area (Å²) in [4.78, 5) is 27.1. The SMILES string of the molecule is CCc1cc(C(=O)OC)c(NC(=O)CN2CCCCC2)s1. The molecule has 1 aromatic rings. The molecule has 0 radical (unpaired) electrons.